The van der Waals surface area contributed by atoms with Crippen molar-refractivity contribution >= 4 is 15.7 Å². The second kappa shape index (κ2) is 5.63. The molecular formula is C10H20N2O3S. The first-order valence-electron chi connectivity index (χ1n) is 5.53. The number of carbonyl (C=O) groups is 1. The van der Waals surface area contributed by atoms with E-state index in [1.165, 1.54) is 0 Å². The Kier molecular flexibility index (Phi) is 4.73. The van der Waals surface area contributed by atoms with Gasteiger partial charge in [0.1, 0.15) is 9.84 Å². The van der Waals surface area contributed by atoms with E-state index in [0.29, 0.717) is 19.4 Å². The van der Waals surface area contributed by atoms with E-state index in [1.807, 2.05) is 19.0 Å². The van der Waals surface area contributed by atoms with Gasteiger partial charge >= 0.3 is 0 Å². The minimum absolute atomic E-state index is 0.00301. The first-order chi connectivity index (χ1) is 7.41. The van der Waals surface area contributed by atoms with Crippen LogP contribution in [-0.4, -0.2) is 57.9 Å². The molecule has 0 spiro atoms. The van der Waals surface area contributed by atoms with Crippen molar-refractivity contribution in [2.75, 3.05) is 38.7 Å². The van der Waals surface area contributed by atoms with Gasteiger partial charge in [-0.1, -0.05) is 0 Å². The number of hydrogen-bond acceptors (Lipinski definition) is 4. The normalized spacial score (nSPS) is 20.9. The molecule has 0 aromatic rings. The summed E-state index contributed by atoms with van der Waals surface area (Å²) in [4.78, 5) is 13.7. The van der Waals surface area contributed by atoms with Crippen LogP contribution >= 0.6 is 0 Å². The zero-order valence-corrected chi connectivity index (χ0v) is 10.7. The van der Waals surface area contributed by atoms with Gasteiger partial charge in [-0.05, 0) is 26.9 Å². The Hall–Kier alpha value is -0.620. The van der Waals surface area contributed by atoms with Crippen LogP contribution in [0.1, 0.15) is 12.8 Å². The van der Waals surface area contributed by atoms with Gasteiger partial charge in [-0.3, -0.25) is 4.79 Å². The third kappa shape index (κ3) is 4.49. The fourth-order valence-electron chi connectivity index (χ4n) is 1.70. The minimum atomic E-state index is -2.87. The summed E-state index contributed by atoms with van der Waals surface area (Å²) >= 11 is 0. The van der Waals surface area contributed by atoms with E-state index >= 15 is 0 Å². The number of amides is 1. The van der Waals surface area contributed by atoms with E-state index in [0.717, 1.165) is 6.54 Å². The maximum atomic E-state index is 11.7. The van der Waals surface area contributed by atoms with Gasteiger partial charge in [-0.15, -0.1) is 0 Å². The molecule has 1 rings (SSSR count). The molecule has 0 bridgehead atoms. The van der Waals surface area contributed by atoms with E-state index in [9.17, 15) is 13.2 Å². The van der Waals surface area contributed by atoms with Crippen LogP contribution in [-0.2, 0) is 14.6 Å². The minimum Gasteiger partial charge on any atom is -0.355 e. The van der Waals surface area contributed by atoms with Crippen molar-refractivity contribution < 1.29 is 13.2 Å². The summed E-state index contributed by atoms with van der Waals surface area (Å²) < 4.78 is 22.4. The molecule has 1 saturated heterocycles. The number of hydrogen-bond donors (Lipinski definition) is 1. The summed E-state index contributed by atoms with van der Waals surface area (Å²) in [5, 5.41) is 2.84. The van der Waals surface area contributed by atoms with Crippen LogP contribution in [0.25, 0.3) is 0 Å². The largest absolute Gasteiger partial charge is 0.355 e. The van der Waals surface area contributed by atoms with E-state index in [1.54, 1.807) is 0 Å². The molecule has 1 aliphatic heterocycles. The number of nitrogens with zero attached hydrogens (tertiary/aromatic N) is 1. The Bertz CT molecular complexity index is 324. The average molecular weight is 248 g/mol. The Morgan fingerprint density at radius 2 is 1.88 bits per heavy atom. The highest BCUT2D eigenvalue weighted by Crippen LogP contribution is 2.18. The fourth-order valence-corrected chi connectivity index (χ4v) is 3.19. The molecule has 0 atom stereocenters. The van der Waals surface area contributed by atoms with Crippen molar-refractivity contribution in [2.45, 2.75) is 12.8 Å². The van der Waals surface area contributed by atoms with Crippen LogP contribution in [0.5, 0.6) is 0 Å². The van der Waals surface area contributed by atoms with Crippen LogP contribution in [0.2, 0.25) is 0 Å². The predicted molar refractivity (Wildman–Crippen MR) is 62.9 cm³/mol. The fraction of sp³-hybridized carbons (Fsp3) is 0.900. The van der Waals surface area contributed by atoms with Crippen molar-refractivity contribution in [3.8, 4) is 0 Å². The quantitative estimate of drug-likeness (QED) is 0.727. The molecule has 94 valence electrons. The van der Waals surface area contributed by atoms with Crippen molar-refractivity contribution in [3.05, 3.63) is 0 Å². The number of nitrogens with one attached hydrogen (secondary N) is 1. The Balaban J connectivity index is 2.28. The Morgan fingerprint density at radius 1 is 1.31 bits per heavy atom. The number of carbonyl (C=O) groups excluding carboxylic acids is 1. The summed E-state index contributed by atoms with van der Waals surface area (Å²) in [5.74, 6) is 0.180. The molecule has 0 saturated carbocycles. The second-order valence-corrected chi connectivity index (χ2v) is 6.82. The van der Waals surface area contributed by atoms with Crippen LogP contribution < -0.4 is 5.32 Å². The van der Waals surface area contributed by atoms with Crippen LogP contribution in [0.4, 0.5) is 0 Å². The smallest absolute Gasteiger partial charge is 0.223 e. The van der Waals surface area contributed by atoms with Gasteiger partial charge in [0.05, 0.1) is 11.5 Å². The average Bonchev–Trinajstić information content (AvgIpc) is 2.16. The third-order valence-electron chi connectivity index (χ3n) is 2.78. The molecular weight excluding hydrogens is 228 g/mol. The molecule has 1 fully saturated rings. The van der Waals surface area contributed by atoms with E-state index in [2.05, 4.69) is 5.32 Å². The van der Waals surface area contributed by atoms with E-state index in [4.69, 9.17) is 0 Å². The van der Waals surface area contributed by atoms with Gasteiger partial charge in [-0.2, -0.15) is 0 Å². The standard InChI is InChI=1S/C10H20N2O3S/c1-12(2)6-5-11-10(13)9-3-7-16(14,15)8-4-9/h9H,3-8H2,1-2H3,(H,11,13). The van der Waals surface area contributed by atoms with Crippen molar-refractivity contribution in [1.82, 2.24) is 10.2 Å². The molecule has 0 unspecified atom stereocenters. The highest BCUT2D eigenvalue weighted by molar-refractivity contribution is 7.91. The van der Waals surface area contributed by atoms with E-state index < -0.39 is 9.84 Å². The lowest BCUT2D eigenvalue weighted by atomic mass is 10.0. The lowest BCUT2D eigenvalue weighted by Gasteiger charge is -2.21. The summed E-state index contributed by atoms with van der Waals surface area (Å²) in [6.45, 7) is 1.42. The van der Waals surface area contributed by atoms with Crippen LogP contribution in [0.15, 0.2) is 0 Å². The SMILES string of the molecule is CN(C)CCNC(=O)C1CCS(=O)(=O)CC1. The van der Waals surface area contributed by atoms with Gasteiger partial charge in [0.2, 0.25) is 5.91 Å². The second-order valence-electron chi connectivity index (χ2n) is 4.52. The molecule has 6 heteroatoms. The monoisotopic (exact) mass is 248 g/mol. The first-order valence-corrected chi connectivity index (χ1v) is 7.36. The Morgan fingerprint density at radius 3 is 2.38 bits per heavy atom. The summed E-state index contributed by atoms with van der Waals surface area (Å²) in [5.41, 5.74) is 0. The molecule has 0 aromatic carbocycles. The van der Waals surface area contributed by atoms with Crippen molar-refractivity contribution in [2.24, 2.45) is 5.92 Å². The highest BCUT2D eigenvalue weighted by atomic mass is 32.2. The van der Waals surface area contributed by atoms with Crippen molar-refractivity contribution in [1.29, 1.82) is 0 Å². The van der Waals surface area contributed by atoms with Gasteiger partial charge < -0.3 is 10.2 Å². The molecule has 0 radical (unpaired) electrons. The van der Waals surface area contributed by atoms with Crippen LogP contribution in [0, 0.1) is 5.92 Å². The summed E-state index contributed by atoms with van der Waals surface area (Å²) in [7, 11) is 1.02. The molecule has 0 aromatic heterocycles. The number of sulfone groups is 1. The molecule has 1 heterocycles. The first kappa shape index (κ1) is 13.4. The third-order valence-corrected chi connectivity index (χ3v) is 4.50. The lowest BCUT2D eigenvalue weighted by molar-refractivity contribution is -0.125. The van der Waals surface area contributed by atoms with E-state index in [-0.39, 0.29) is 23.3 Å². The molecule has 5 nitrogen and oxygen atoms in total. The molecule has 0 aliphatic carbocycles. The van der Waals surface area contributed by atoms with Crippen LogP contribution in [0.3, 0.4) is 0 Å². The summed E-state index contributed by atoms with van der Waals surface area (Å²) in [6.07, 6.45) is 0.937. The number of likely N-dealkylation sites (N-methyl/N-ethyl adjacent to an activating group) is 1. The Labute approximate surface area is 97.1 Å². The zero-order valence-electron chi connectivity index (χ0n) is 9.90. The maximum Gasteiger partial charge on any atom is 0.223 e. The molecule has 1 N–H and O–H groups in total. The topological polar surface area (TPSA) is 66.5 Å². The number of rotatable bonds is 4. The lowest BCUT2D eigenvalue weighted by Crippen LogP contribution is -2.38. The molecule has 16 heavy (non-hydrogen) atoms. The maximum absolute atomic E-state index is 11.7. The van der Waals surface area contributed by atoms with Crippen molar-refractivity contribution in [3.63, 3.8) is 0 Å². The molecule has 1 aliphatic rings. The summed E-state index contributed by atoms with van der Waals surface area (Å²) in [6, 6.07) is 0. The van der Waals surface area contributed by atoms with Gasteiger partial charge in [-0.25, -0.2) is 8.42 Å². The zero-order chi connectivity index (χ0) is 12.2. The highest BCUT2D eigenvalue weighted by Gasteiger charge is 2.27. The molecule has 1 amide bonds. The van der Waals surface area contributed by atoms with Gasteiger partial charge in [0, 0.05) is 19.0 Å². The van der Waals surface area contributed by atoms with Gasteiger partial charge in [0.25, 0.3) is 0 Å². The predicted octanol–water partition coefficient (Wildman–Crippen LogP) is -0.511. The van der Waals surface area contributed by atoms with Gasteiger partial charge in [0.15, 0.2) is 0 Å².